The molecule has 1 N–H and O–H groups in total. The lowest BCUT2D eigenvalue weighted by molar-refractivity contribution is 0.0912. The van der Waals surface area contributed by atoms with E-state index in [4.69, 9.17) is 16.0 Å². The van der Waals surface area contributed by atoms with E-state index < -0.39 is 5.91 Å². The fraction of sp³-hybridized carbons (Fsp3) is 0.211. The first-order chi connectivity index (χ1) is 12.9. The van der Waals surface area contributed by atoms with E-state index in [1.54, 1.807) is 47.2 Å². The van der Waals surface area contributed by atoms with E-state index in [1.165, 1.54) is 11.3 Å². The molecule has 0 aliphatic rings. The Bertz CT molecular complexity index is 1030. The Hall–Kier alpha value is -2.64. The van der Waals surface area contributed by atoms with Crippen LogP contribution in [0.2, 0.25) is 5.02 Å². The number of furan rings is 1. The Morgan fingerprint density at radius 3 is 2.78 bits per heavy atom. The van der Waals surface area contributed by atoms with Gasteiger partial charge in [0.15, 0.2) is 10.6 Å². The molecule has 0 saturated heterocycles. The van der Waals surface area contributed by atoms with Crippen molar-refractivity contribution >= 4 is 34.8 Å². The van der Waals surface area contributed by atoms with Crippen LogP contribution in [0.1, 0.15) is 40.5 Å². The second-order valence-electron chi connectivity index (χ2n) is 6.10. The van der Waals surface area contributed by atoms with Gasteiger partial charge >= 0.3 is 0 Å². The maximum Gasteiger partial charge on any atom is 0.287 e. The van der Waals surface area contributed by atoms with Crippen molar-refractivity contribution in [3.8, 4) is 0 Å². The summed E-state index contributed by atoms with van der Waals surface area (Å²) in [5.74, 6) is 0.174. The molecule has 0 fully saturated rings. The van der Waals surface area contributed by atoms with E-state index >= 15 is 0 Å². The van der Waals surface area contributed by atoms with Gasteiger partial charge in [-0.05, 0) is 38.1 Å². The van der Waals surface area contributed by atoms with Crippen LogP contribution in [-0.2, 0) is 6.54 Å². The van der Waals surface area contributed by atoms with Crippen LogP contribution in [0.25, 0.3) is 0 Å². The molecule has 140 valence electrons. The summed E-state index contributed by atoms with van der Waals surface area (Å²) in [5.41, 5.74) is 0.352. The number of carbonyl (C=O) groups excluding carboxylic acids is 2. The zero-order chi connectivity index (χ0) is 19.4. The van der Waals surface area contributed by atoms with Gasteiger partial charge in [0.25, 0.3) is 11.8 Å². The molecule has 3 rings (SSSR count). The number of halogens is 1. The second-order valence-corrected chi connectivity index (χ2v) is 7.38. The van der Waals surface area contributed by atoms with Gasteiger partial charge < -0.3 is 14.3 Å². The lowest BCUT2D eigenvalue weighted by Gasteiger charge is -2.05. The summed E-state index contributed by atoms with van der Waals surface area (Å²) < 4.78 is 7.39. The third kappa shape index (κ3) is 4.75. The molecule has 0 radical (unpaired) electrons. The zero-order valence-electron chi connectivity index (χ0n) is 14.8. The predicted molar refractivity (Wildman–Crippen MR) is 104 cm³/mol. The number of amides is 2. The number of hydrogen-bond donors (Lipinski definition) is 1. The number of benzene rings is 1. The van der Waals surface area contributed by atoms with Crippen LogP contribution in [-0.4, -0.2) is 22.4 Å². The molecular formula is C19H18ClN3O3S. The Labute approximate surface area is 165 Å². The van der Waals surface area contributed by atoms with Crippen LogP contribution < -0.4 is 10.1 Å². The first kappa shape index (κ1) is 19.1. The van der Waals surface area contributed by atoms with Crippen molar-refractivity contribution in [1.29, 1.82) is 0 Å². The Morgan fingerprint density at radius 1 is 1.26 bits per heavy atom. The molecule has 3 aromatic rings. The van der Waals surface area contributed by atoms with E-state index in [-0.39, 0.29) is 17.7 Å². The number of thiazole rings is 1. The van der Waals surface area contributed by atoms with Crippen LogP contribution in [0, 0.1) is 0 Å². The normalized spacial score (nSPS) is 11.8. The highest BCUT2D eigenvalue weighted by Gasteiger charge is 2.13. The maximum absolute atomic E-state index is 12.4. The lowest BCUT2D eigenvalue weighted by atomic mass is 10.2. The molecule has 0 atom stereocenters. The van der Waals surface area contributed by atoms with Crippen LogP contribution in [0.15, 0.2) is 57.4 Å². The lowest BCUT2D eigenvalue weighted by Crippen LogP contribution is -2.29. The predicted octanol–water partition coefficient (Wildman–Crippen LogP) is 3.72. The number of carbonyl (C=O) groups is 2. The highest BCUT2D eigenvalue weighted by molar-refractivity contribution is 7.07. The molecule has 0 aliphatic carbocycles. The monoisotopic (exact) mass is 403 g/mol. The van der Waals surface area contributed by atoms with Crippen molar-refractivity contribution in [2.45, 2.75) is 26.4 Å². The molecule has 8 heteroatoms. The van der Waals surface area contributed by atoms with Crippen LogP contribution >= 0.6 is 22.9 Å². The van der Waals surface area contributed by atoms with Gasteiger partial charge in [-0.2, -0.15) is 4.99 Å². The third-order valence-corrected chi connectivity index (χ3v) is 4.72. The third-order valence-electron chi connectivity index (χ3n) is 3.59. The van der Waals surface area contributed by atoms with Gasteiger partial charge in [0.1, 0.15) is 5.76 Å². The maximum atomic E-state index is 12.4. The van der Waals surface area contributed by atoms with Gasteiger partial charge in [-0.25, -0.2) is 0 Å². The van der Waals surface area contributed by atoms with E-state index in [9.17, 15) is 9.59 Å². The molecule has 2 amide bonds. The fourth-order valence-electron chi connectivity index (χ4n) is 2.37. The summed E-state index contributed by atoms with van der Waals surface area (Å²) in [4.78, 5) is 29.1. The van der Waals surface area contributed by atoms with Crippen molar-refractivity contribution in [2.24, 2.45) is 4.99 Å². The van der Waals surface area contributed by atoms with Crippen molar-refractivity contribution in [1.82, 2.24) is 9.88 Å². The van der Waals surface area contributed by atoms with Gasteiger partial charge in [0.05, 0.1) is 17.1 Å². The van der Waals surface area contributed by atoms with Gasteiger partial charge in [-0.15, -0.1) is 11.3 Å². The molecule has 0 bridgehead atoms. The standard InChI is InChI=1S/C19H18ClN3O3S/c1-12(2)21-18(25)16-8-7-13(26-16)11-23-9-10-27-19(23)22-17(24)14-5-3-4-6-15(14)20/h3-10,12H,11H2,1-2H3,(H,21,25). The Kier molecular flexibility index (Phi) is 5.93. The minimum absolute atomic E-state index is 0.0264. The first-order valence-electron chi connectivity index (χ1n) is 8.31. The highest BCUT2D eigenvalue weighted by Crippen LogP contribution is 2.16. The highest BCUT2D eigenvalue weighted by atomic mass is 35.5. The summed E-state index contributed by atoms with van der Waals surface area (Å²) in [6.45, 7) is 4.12. The molecule has 2 aromatic heterocycles. The largest absolute Gasteiger partial charge is 0.454 e. The van der Waals surface area contributed by atoms with Crippen molar-refractivity contribution < 1.29 is 14.0 Å². The first-order valence-corrected chi connectivity index (χ1v) is 9.57. The van der Waals surface area contributed by atoms with Gasteiger partial charge in [0, 0.05) is 17.6 Å². The summed E-state index contributed by atoms with van der Waals surface area (Å²) in [6.07, 6.45) is 1.81. The molecule has 27 heavy (non-hydrogen) atoms. The van der Waals surface area contributed by atoms with E-state index in [1.807, 2.05) is 19.2 Å². The SMILES string of the molecule is CC(C)NC(=O)c1ccc(Cn2ccsc2=NC(=O)c2ccccc2Cl)o1. The van der Waals surface area contributed by atoms with E-state index in [0.717, 1.165) is 0 Å². The quantitative estimate of drug-likeness (QED) is 0.705. The van der Waals surface area contributed by atoms with Crippen LogP contribution in [0.4, 0.5) is 0 Å². The Balaban J connectivity index is 1.80. The molecule has 0 spiro atoms. The molecule has 1 aromatic carbocycles. The number of aromatic nitrogens is 1. The zero-order valence-corrected chi connectivity index (χ0v) is 16.4. The summed E-state index contributed by atoms with van der Waals surface area (Å²) >= 11 is 7.39. The summed E-state index contributed by atoms with van der Waals surface area (Å²) in [6, 6.07) is 10.2. The van der Waals surface area contributed by atoms with E-state index in [0.29, 0.717) is 27.7 Å². The molecule has 0 saturated carbocycles. The minimum Gasteiger partial charge on any atom is -0.454 e. The molecular weight excluding hydrogens is 386 g/mol. The van der Waals surface area contributed by atoms with Gasteiger partial charge in [0.2, 0.25) is 0 Å². The fourth-order valence-corrected chi connectivity index (χ4v) is 3.32. The average Bonchev–Trinajstić information content (AvgIpc) is 3.25. The minimum atomic E-state index is -0.409. The topological polar surface area (TPSA) is 76.6 Å². The van der Waals surface area contributed by atoms with Crippen LogP contribution in [0.5, 0.6) is 0 Å². The van der Waals surface area contributed by atoms with Crippen molar-refractivity contribution in [3.05, 3.63) is 74.9 Å². The molecule has 0 unspecified atom stereocenters. The Morgan fingerprint density at radius 2 is 2.04 bits per heavy atom. The summed E-state index contributed by atoms with van der Waals surface area (Å²) in [7, 11) is 0. The number of nitrogens with zero attached hydrogens (tertiary/aromatic N) is 2. The number of rotatable bonds is 5. The molecule has 2 heterocycles. The smallest absolute Gasteiger partial charge is 0.287 e. The number of nitrogens with one attached hydrogen (secondary N) is 1. The molecule has 0 aliphatic heterocycles. The van der Waals surface area contributed by atoms with Gasteiger partial charge in [-0.1, -0.05) is 23.7 Å². The van der Waals surface area contributed by atoms with Crippen molar-refractivity contribution in [3.63, 3.8) is 0 Å². The van der Waals surface area contributed by atoms with E-state index in [2.05, 4.69) is 10.3 Å². The number of hydrogen-bond acceptors (Lipinski definition) is 4. The second kappa shape index (κ2) is 8.37. The van der Waals surface area contributed by atoms with Gasteiger partial charge in [-0.3, -0.25) is 9.59 Å². The summed E-state index contributed by atoms with van der Waals surface area (Å²) in [5, 5.41) is 4.97. The molecule has 6 nitrogen and oxygen atoms in total. The van der Waals surface area contributed by atoms with Crippen molar-refractivity contribution in [2.75, 3.05) is 0 Å². The van der Waals surface area contributed by atoms with Crippen LogP contribution in [0.3, 0.4) is 0 Å². The average molecular weight is 404 g/mol.